The maximum Gasteiger partial charge on any atom is 0.135 e. The number of aromatic nitrogens is 4. The van der Waals surface area contributed by atoms with Crippen LogP contribution in [0, 0.1) is 11.3 Å². The highest BCUT2D eigenvalue weighted by Crippen LogP contribution is 2.36. The Kier molecular flexibility index (Phi) is 4.06. The van der Waals surface area contributed by atoms with Crippen molar-refractivity contribution in [2.75, 3.05) is 18.0 Å². The summed E-state index contributed by atoms with van der Waals surface area (Å²) in [7, 11) is 0. The first kappa shape index (κ1) is 16.9. The number of pyridine rings is 2. The van der Waals surface area contributed by atoms with Gasteiger partial charge in [-0.25, -0.2) is 9.97 Å². The Balaban J connectivity index is 1.34. The van der Waals surface area contributed by atoms with Gasteiger partial charge in [0, 0.05) is 37.2 Å². The van der Waals surface area contributed by atoms with E-state index in [4.69, 9.17) is 10.00 Å². The fourth-order valence-corrected chi connectivity index (χ4v) is 4.09. The van der Waals surface area contributed by atoms with Gasteiger partial charge in [0.05, 0.1) is 29.6 Å². The van der Waals surface area contributed by atoms with Crippen molar-refractivity contribution in [1.29, 1.82) is 5.26 Å². The van der Waals surface area contributed by atoms with E-state index in [-0.39, 0.29) is 5.60 Å². The summed E-state index contributed by atoms with van der Waals surface area (Å²) in [5.74, 6) is 1.89. The average Bonchev–Trinajstić information content (AvgIpc) is 3.18. The minimum absolute atomic E-state index is 0.173. The third-order valence-electron chi connectivity index (χ3n) is 5.72. The summed E-state index contributed by atoms with van der Waals surface area (Å²) in [5.41, 5.74) is 2.59. The molecule has 0 unspecified atom stereocenters. The molecule has 5 rings (SSSR count). The average molecular weight is 372 g/mol. The highest BCUT2D eigenvalue weighted by atomic mass is 16.5. The van der Waals surface area contributed by atoms with E-state index in [1.807, 2.05) is 30.6 Å². The van der Waals surface area contributed by atoms with Crippen molar-refractivity contribution in [1.82, 2.24) is 19.5 Å². The van der Waals surface area contributed by atoms with Gasteiger partial charge >= 0.3 is 0 Å². The molecule has 2 aliphatic heterocycles. The zero-order valence-electron chi connectivity index (χ0n) is 15.5. The summed E-state index contributed by atoms with van der Waals surface area (Å²) >= 11 is 0. The van der Waals surface area contributed by atoms with Crippen LogP contribution in [0.1, 0.15) is 24.2 Å². The Morgan fingerprint density at radius 1 is 1.07 bits per heavy atom. The first-order chi connectivity index (χ1) is 13.8. The molecule has 2 aliphatic rings. The first-order valence-corrected chi connectivity index (χ1v) is 9.46. The number of fused-ring (bicyclic) bond motifs is 1. The highest BCUT2D eigenvalue weighted by Gasteiger charge is 2.40. The SMILES string of the molecule is N#Cc1ccc(N2CCC3(CC2)Cn2c(-c4cccnc4)cnc2CO3)nc1. The van der Waals surface area contributed by atoms with Crippen LogP contribution in [0.25, 0.3) is 11.3 Å². The molecule has 1 spiro atoms. The van der Waals surface area contributed by atoms with Crippen molar-refractivity contribution < 1.29 is 4.74 Å². The maximum atomic E-state index is 8.94. The third-order valence-corrected chi connectivity index (χ3v) is 5.72. The van der Waals surface area contributed by atoms with E-state index >= 15 is 0 Å². The summed E-state index contributed by atoms with van der Waals surface area (Å²) in [6, 6.07) is 9.88. The van der Waals surface area contributed by atoms with E-state index in [2.05, 4.69) is 36.6 Å². The number of imidazole rings is 1. The molecule has 3 aromatic heterocycles. The second kappa shape index (κ2) is 6.73. The van der Waals surface area contributed by atoms with Crippen molar-refractivity contribution in [2.24, 2.45) is 0 Å². The number of hydrogen-bond acceptors (Lipinski definition) is 6. The molecule has 1 fully saturated rings. The lowest BCUT2D eigenvalue weighted by atomic mass is 9.89. The van der Waals surface area contributed by atoms with Crippen LogP contribution in [0.3, 0.4) is 0 Å². The molecule has 3 aromatic rings. The number of anilines is 1. The standard InChI is InChI=1S/C21H20N6O/c22-10-16-3-4-19(24-11-16)26-8-5-21(6-9-26)15-27-18(13-25-20(27)14-28-21)17-2-1-7-23-12-17/h1-4,7,11-13H,5-6,8-9,14-15H2. The van der Waals surface area contributed by atoms with Crippen LogP contribution in [0.2, 0.25) is 0 Å². The van der Waals surface area contributed by atoms with Gasteiger partial charge < -0.3 is 14.2 Å². The van der Waals surface area contributed by atoms with Gasteiger partial charge in [0.2, 0.25) is 0 Å². The highest BCUT2D eigenvalue weighted by molar-refractivity contribution is 5.58. The van der Waals surface area contributed by atoms with Gasteiger partial charge in [-0.05, 0) is 37.1 Å². The normalized spacial score (nSPS) is 17.9. The smallest absolute Gasteiger partial charge is 0.135 e. The summed E-state index contributed by atoms with van der Waals surface area (Å²) in [5, 5.41) is 8.94. The molecule has 7 nitrogen and oxygen atoms in total. The van der Waals surface area contributed by atoms with Crippen molar-refractivity contribution in [3.63, 3.8) is 0 Å². The molecule has 0 atom stereocenters. The Labute approximate surface area is 163 Å². The molecule has 1 saturated heterocycles. The minimum Gasteiger partial charge on any atom is -0.365 e. The Bertz CT molecular complexity index is 1010. The van der Waals surface area contributed by atoms with Crippen LogP contribution in [0.5, 0.6) is 0 Å². The van der Waals surface area contributed by atoms with Crippen LogP contribution in [0.4, 0.5) is 5.82 Å². The quantitative estimate of drug-likeness (QED) is 0.688. The van der Waals surface area contributed by atoms with Crippen molar-refractivity contribution in [2.45, 2.75) is 31.6 Å². The molecule has 0 radical (unpaired) electrons. The summed E-state index contributed by atoms with van der Waals surface area (Å²) in [4.78, 5) is 15.5. The van der Waals surface area contributed by atoms with E-state index in [0.717, 1.165) is 55.4 Å². The molecule has 0 aliphatic carbocycles. The van der Waals surface area contributed by atoms with E-state index in [9.17, 15) is 0 Å². The molecule has 0 bridgehead atoms. The molecule has 0 amide bonds. The zero-order valence-corrected chi connectivity index (χ0v) is 15.5. The number of rotatable bonds is 2. The van der Waals surface area contributed by atoms with Gasteiger partial charge in [0.25, 0.3) is 0 Å². The lowest BCUT2D eigenvalue weighted by Gasteiger charge is -2.44. The zero-order chi connectivity index (χ0) is 19.0. The number of piperidine rings is 1. The molecule has 0 aromatic carbocycles. The number of hydrogen-bond donors (Lipinski definition) is 0. The molecule has 140 valence electrons. The fraction of sp³-hybridized carbons (Fsp3) is 0.333. The van der Waals surface area contributed by atoms with Crippen LogP contribution in [-0.4, -0.2) is 38.2 Å². The minimum atomic E-state index is -0.173. The second-order valence-electron chi connectivity index (χ2n) is 7.36. The number of ether oxygens (including phenoxy) is 1. The van der Waals surface area contributed by atoms with Crippen molar-refractivity contribution >= 4 is 5.82 Å². The van der Waals surface area contributed by atoms with Gasteiger partial charge in [-0.1, -0.05) is 0 Å². The second-order valence-corrected chi connectivity index (χ2v) is 7.36. The Hall–Kier alpha value is -3.24. The van der Waals surface area contributed by atoms with Crippen molar-refractivity contribution in [3.8, 4) is 17.3 Å². The first-order valence-electron chi connectivity index (χ1n) is 9.46. The van der Waals surface area contributed by atoms with E-state index < -0.39 is 0 Å². The van der Waals surface area contributed by atoms with E-state index in [1.165, 1.54) is 0 Å². The lowest BCUT2D eigenvalue weighted by molar-refractivity contribution is -0.104. The van der Waals surface area contributed by atoms with Gasteiger partial charge in [-0.2, -0.15) is 5.26 Å². The number of nitrogens with zero attached hydrogens (tertiary/aromatic N) is 6. The molecule has 28 heavy (non-hydrogen) atoms. The van der Waals surface area contributed by atoms with Crippen LogP contribution >= 0.6 is 0 Å². The molecule has 0 N–H and O–H groups in total. The van der Waals surface area contributed by atoms with Crippen LogP contribution in [0.15, 0.2) is 49.1 Å². The fourth-order valence-electron chi connectivity index (χ4n) is 4.09. The van der Waals surface area contributed by atoms with Gasteiger partial charge in [-0.15, -0.1) is 0 Å². The molecule has 5 heterocycles. The third kappa shape index (κ3) is 2.92. The summed E-state index contributed by atoms with van der Waals surface area (Å²) < 4.78 is 8.60. The van der Waals surface area contributed by atoms with Crippen LogP contribution < -0.4 is 4.90 Å². The Morgan fingerprint density at radius 3 is 2.68 bits per heavy atom. The molecular formula is C21H20N6O. The summed E-state index contributed by atoms with van der Waals surface area (Å²) in [6.45, 7) is 3.10. The molecule has 7 heteroatoms. The summed E-state index contributed by atoms with van der Waals surface area (Å²) in [6.07, 6.45) is 9.08. The van der Waals surface area contributed by atoms with E-state index in [1.54, 1.807) is 12.4 Å². The van der Waals surface area contributed by atoms with Crippen molar-refractivity contribution in [3.05, 3.63) is 60.4 Å². The van der Waals surface area contributed by atoms with Gasteiger partial charge in [-0.3, -0.25) is 4.98 Å². The van der Waals surface area contributed by atoms with Crippen LogP contribution in [-0.2, 0) is 17.9 Å². The lowest BCUT2D eigenvalue weighted by Crippen LogP contribution is -2.51. The van der Waals surface area contributed by atoms with Gasteiger partial charge in [0.15, 0.2) is 0 Å². The topological polar surface area (TPSA) is 79.9 Å². The predicted octanol–water partition coefficient (Wildman–Crippen LogP) is 2.78. The largest absolute Gasteiger partial charge is 0.365 e. The predicted molar refractivity (Wildman–Crippen MR) is 103 cm³/mol. The maximum absolute atomic E-state index is 8.94. The van der Waals surface area contributed by atoms with E-state index in [0.29, 0.717) is 12.2 Å². The Morgan fingerprint density at radius 2 is 1.96 bits per heavy atom. The molecule has 0 saturated carbocycles. The van der Waals surface area contributed by atoms with Gasteiger partial charge in [0.1, 0.15) is 24.3 Å². The monoisotopic (exact) mass is 372 g/mol. The number of nitriles is 1. The molecular weight excluding hydrogens is 352 g/mol.